The summed E-state index contributed by atoms with van der Waals surface area (Å²) in [5, 5.41) is 15.2. The van der Waals surface area contributed by atoms with Crippen molar-refractivity contribution in [2.45, 2.75) is 61.7 Å². The number of tetrazole rings is 1. The molecular formula is C12H19N5O2S. The van der Waals surface area contributed by atoms with Gasteiger partial charge in [-0.25, -0.2) is 4.68 Å². The van der Waals surface area contributed by atoms with Crippen molar-refractivity contribution in [3.05, 3.63) is 0 Å². The molecule has 2 aliphatic rings. The van der Waals surface area contributed by atoms with Gasteiger partial charge in [-0.05, 0) is 43.0 Å². The topological polar surface area (TPSA) is 81.9 Å². The molecule has 2 atom stereocenters. The highest BCUT2D eigenvalue weighted by atomic mass is 32.2. The molecule has 0 aromatic carbocycles. The average Bonchev–Trinajstić information content (AvgIpc) is 2.91. The lowest BCUT2D eigenvalue weighted by Gasteiger charge is -2.13. The molecule has 8 heteroatoms. The predicted molar refractivity (Wildman–Crippen MR) is 73.3 cm³/mol. The molecule has 1 aromatic heterocycles. The number of carbonyl (C=O) groups is 1. The number of rotatable bonds is 6. The fraction of sp³-hybridized carbons (Fsp3) is 0.833. The van der Waals surface area contributed by atoms with Crippen LogP contribution in [0.5, 0.6) is 0 Å². The molecule has 7 nitrogen and oxygen atoms in total. The summed E-state index contributed by atoms with van der Waals surface area (Å²) in [5.41, 5.74) is 0. The molecule has 1 saturated carbocycles. The number of aromatic nitrogens is 4. The van der Waals surface area contributed by atoms with E-state index in [1.165, 1.54) is 11.8 Å². The Balaban J connectivity index is 1.55. The Hall–Kier alpha value is -1.15. The molecular weight excluding hydrogens is 278 g/mol. The molecule has 2 unspecified atom stereocenters. The van der Waals surface area contributed by atoms with E-state index in [4.69, 9.17) is 4.74 Å². The van der Waals surface area contributed by atoms with Crippen LogP contribution in [0.4, 0.5) is 0 Å². The van der Waals surface area contributed by atoms with E-state index < -0.39 is 0 Å². The summed E-state index contributed by atoms with van der Waals surface area (Å²) >= 11 is 1.40. The van der Waals surface area contributed by atoms with Crippen LogP contribution in [-0.2, 0) is 16.1 Å². The Morgan fingerprint density at radius 3 is 3.10 bits per heavy atom. The molecule has 1 saturated heterocycles. The van der Waals surface area contributed by atoms with Crippen LogP contribution in [0, 0.1) is 0 Å². The Morgan fingerprint density at radius 1 is 1.55 bits per heavy atom. The van der Waals surface area contributed by atoms with Gasteiger partial charge in [-0.15, -0.1) is 5.10 Å². The Kier molecular flexibility index (Phi) is 4.21. The van der Waals surface area contributed by atoms with Crippen LogP contribution in [0.3, 0.4) is 0 Å². The summed E-state index contributed by atoms with van der Waals surface area (Å²) in [4.78, 5) is 11.9. The van der Waals surface area contributed by atoms with Crippen molar-refractivity contribution in [3.63, 3.8) is 0 Å². The second-order valence-electron chi connectivity index (χ2n) is 5.32. The van der Waals surface area contributed by atoms with Crippen molar-refractivity contribution >= 4 is 17.7 Å². The van der Waals surface area contributed by atoms with Crippen LogP contribution in [-0.4, -0.2) is 50.1 Å². The zero-order valence-corrected chi connectivity index (χ0v) is 12.3. The largest absolute Gasteiger partial charge is 0.376 e. The number of hydrogen-bond acceptors (Lipinski definition) is 6. The summed E-state index contributed by atoms with van der Waals surface area (Å²) in [6.07, 6.45) is 4.52. The third-order valence-electron chi connectivity index (χ3n) is 3.47. The van der Waals surface area contributed by atoms with Gasteiger partial charge in [-0.1, -0.05) is 11.8 Å². The molecule has 2 heterocycles. The van der Waals surface area contributed by atoms with Gasteiger partial charge >= 0.3 is 0 Å². The molecule has 1 aliphatic heterocycles. The molecule has 0 bridgehead atoms. The first-order valence-electron chi connectivity index (χ1n) is 7.07. The van der Waals surface area contributed by atoms with Crippen LogP contribution < -0.4 is 5.32 Å². The molecule has 1 amide bonds. The predicted octanol–water partition coefficient (Wildman–Crippen LogP) is 0.611. The van der Waals surface area contributed by atoms with Crippen LogP contribution in [0.15, 0.2) is 5.16 Å². The molecule has 110 valence electrons. The lowest BCUT2D eigenvalue weighted by Crippen LogP contribution is -2.32. The quantitative estimate of drug-likeness (QED) is 0.775. The highest BCUT2D eigenvalue weighted by molar-refractivity contribution is 8.00. The molecule has 1 aliphatic carbocycles. The van der Waals surface area contributed by atoms with Crippen LogP contribution in [0.25, 0.3) is 0 Å². The maximum absolute atomic E-state index is 11.9. The van der Waals surface area contributed by atoms with Gasteiger partial charge < -0.3 is 10.1 Å². The standard InChI is InChI=1S/C12H19N5O2S/c1-8(11(18)13-9-4-5-9)20-12-14-15-16-17(12)7-10-3-2-6-19-10/h8-10H,2-7H2,1H3,(H,13,18). The van der Waals surface area contributed by atoms with Gasteiger partial charge in [0.15, 0.2) is 0 Å². The number of ether oxygens (including phenoxy) is 1. The molecule has 3 rings (SSSR count). The van der Waals surface area contributed by atoms with Crippen molar-refractivity contribution in [2.24, 2.45) is 0 Å². The number of thioether (sulfide) groups is 1. The molecule has 20 heavy (non-hydrogen) atoms. The summed E-state index contributed by atoms with van der Waals surface area (Å²) in [5.74, 6) is 0.0594. The van der Waals surface area contributed by atoms with E-state index in [1.807, 2.05) is 6.92 Å². The normalized spacial score (nSPS) is 23.8. The maximum Gasteiger partial charge on any atom is 0.233 e. The second-order valence-corrected chi connectivity index (χ2v) is 6.63. The number of carbonyl (C=O) groups excluding carboxylic acids is 1. The number of amides is 1. The van der Waals surface area contributed by atoms with E-state index in [-0.39, 0.29) is 17.3 Å². The van der Waals surface area contributed by atoms with Crippen LogP contribution in [0.1, 0.15) is 32.6 Å². The van der Waals surface area contributed by atoms with E-state index in [9.17, 15) is 4.79 Å². The number of nitrogens with zero attached hydrogens (tertiary/aromatic N) is 4. The first kappa shape index (κ1) is 13.8. The molecule has 0 spiro atoms. The van der Waals surface area contributed by atoms with E-state index in [1.54, 1.807) is 4.68 Å². The zero-order chi connectivity index (χ0) is 13.9. The van der Waals surface area contributed by atoms with Crippen molar-refractivity contribution < 1.29 is 9.53 Å². The smallest absolute Gasteiger partial charge is 0.233 e. The highest BCUT2D eigenvalue weighted by Gasteiger charge is 2.27. The minimum Gasteiger partial charge on any atom is -0.376 e. The minimum atomic E-state index is -0.190. The monoisotopic (exact) mass is 297 g/mol. The fourth-order valence-electron chi connectivity index (χ4n) is 2.13. The van der Waals surface area contributed by atoms with E-state index in [0.29, 0.717) is 17.7 Å². The van der Waals surface area contributed by atoms with Crippen molar-refractivity contribution in [2.75, 3.05) is 6.61 Å². The van der Waals surface area contributed by atoms with Crippen molar-refractivity contribution in [3.8, 4) is 0 Å². The van der Waals surface area contributed by atoms with Gasteiger partial charge in [-0.2, -0.15) is 0 Å². The lowest BCUT2D eigenvalue weighted by atomic mass is 10.2. The van der Waals surface area contributed by atoms with Crippen molar-refractivity contribution in [1.82, 2.24) is 25.5 Å². The van der Waals surface area contributed by atoms with Gasteiger partial charge in [-0.3, -0.25) is 4.79 Å². The van der Waals surface area contributed by atoms with Crippen molar-refractivity contribution in [1.29, 1.82) is 0 Å². The van der Waals surface area contributed by atoms with Gasteiger partial charge in [0.2, 0.25) is 11.1 Å². The molecule has 0 radical (unpaired) electrons. The number of hydrogen-bond donors (Lipinski definition) is 1. The molecule has 2 fully saturated rings. The Labute approximate surface area is 121 Å². The fourth-order valence-corrected chi connectivity index (χ4v) is 2.94. The van der Waals surface area contributed by atoms with Gasteiger partial charge in [0.25, 0.3) is 0 Å². The first-order valence-corrected chi connectivity index (χ1v) is 7.95. The molecule has 1 aromatic rings. The minimum absolute atomic E-state index is 0.0594. The molecule has 1 N–H and O–H groups in total. The second kappa shape index (κ2) is 6.09. The van der Waals surface area contributed by atoms with Crippen LogP contribution >= 0.6 is 11.8 Å². The average molecular weight is 297 g/mol. The van der Waals surface area contributed by atoms with E-state index in [0.717, 1.165) is 32.3 Å². The number of nitrogens with one attached hydrogen (secondary N) is 1. The first-order chi connectivity index (χ1) is 9.72. The van der Waals surface area contributed by atoms with Gasteiger partial charge in [0.1, 0.15) is 0 Å². The van der Waals surface area contributed by atoms with Gasteiger partial charge in [0.05, 0.1) is 17.9 Å². The Morgan fingerprint density at radius 2 is 2.40 bits per heavy atom. The third-order valence-corrected chi connectivity index (χ3v) is 4.55. The summed E-state index contributed by atoms with van der Waals surface area (Å²) in [6, 6.07) is 0.383. The summed E-state index contributed by atoms with van der Waals surface area (Å²) in [6.45, 7) is 3.36. The summed E-state index contributed by atoms with van der Waals surface area (Å²) in [7, 11) is 0. The van der Waals surface area contributed by atoms with E-state index in [2.05, 4.69) is 20.8 Å². The van der Waals surface area contributed by atoms with Gasteiger partial charge in [0, 0.05) is 12.6 Å². The van der Waals surface area contributed by atoms with E-state index >= 15 is 0 Å². The Bertz CT molecular complexity index is 470. The summed E-state index contributed by atoms with van der Waals surface area (Å²) < 4.78 is 7.33. The van der Waals surface area contributed by atoms with Crippen LogP contribution in [0.2, 0.25) is 0 Å². The highest BCUT2D eigenvalue weighted by Crippen LogP contribution is 2.24. The maximum atomic E-state index is 11.9. The zero-order valence-electron chi connectivity index (χ0n) is 11.5. The third kappa shape index (κ3) is 3.49. The lowest BCUT2D eigenvalue weighted by molar-refractivity contribution is -0.120. The SMILES string of the molecule is CC(Sc1nnnn1CC1CCCO1)C(=O)NC1CC1.